The Hall–Kier alpha value is -0.150. The molecule has 0 aromatic rings. The number of rotatable bonds is 4. The van der Waals surface area contributed by atoms with Gasteiger partial charge in [-0.15, -0.1) is 0 Å². The number of nitrogens with zero attached hydrogens (tertiary/aromatic N) is 2. The van der Waals surface area contributed by atoms with E-state index in [1.807, 2.05) is 0 Å². The molecule has 2 aliphatic rings. The molecule has 0 aromatic heterocycles. The predicted molar refractivity (Wildman–Crippen MR) is 83.8 cm³/mol. The van der Waals surface area contributed by atoms with Gasteiger partial charge in [0.1, 0.15) is 5.67 Å². The predicted octanol–water partition coefficient (Wildman–Crippen LogP) is 3.57. The zero-order chi connectivity index (χ0) is 14.8. The number of piperidine rings is 2. The molecule has 3 heteroatoms. The van der Waals surface area contributed by atoms with E-state index in [1.165, 1.54) is 12.8 Å². The fourth-order valence-corrected chi connectivity index (χ4v) is 4.10. The van der Waals surface area contributed by atoms with Crippen LogP contribution in [0.4, 0.5) is 4.39 Å². The van der Waals surface area contributed by atoms with E-state index in [4.69, 9.17) is 0 Å². The monoisotopic (exact) mass is 284 g/mol. The molecule has 2 heterocycles. The van der Waals surface area contributed by atoms with E-state index in [-0.39, 0.29) is 0 Å². The largest absolute Gasteiger partial charge is 0.300 e. The zero-order valence-corrected chi connectivity index (χ0v) is 13.9. The van der Waals surface area contributed by atoms with Gasteiger partial charge in [-0.25, -0.2) is 4.39 Å². The molecule has 0 N–H and O–H groups in total. The number of hydrogen-bond donors (Lipinski definition) is 0. The minimum atomic E-state index is -0.944. The summed E-state index contributed by atoms with van der Waals surface area (Å²) in [5.74, 6) is 1.45. The van der Waals surface area contributed by atoms with Gasteiger partial charge in [0.2, 0.25) is 0 Å². The molecule has 2 aliphatic heterocycles. The molecule has 2 saturated heterocycles. The van der Waals surface area contributed by atoms with Gasteiger partial charge >= 0.3 is 0 Å². The summed E-state index contributed by atoms with van der Waals surface area (Å²) in [5.41, 5.74) is -0.944. The minimum absolute atomic E-state index is 0.606. The normalized spacial score (nSPS) is 34.0. The third-order valence-electron chi connectivity index (χ3n) is 5.36. The quantitative estimate of drug-likeness (QED) is 0.779. The second kappa shape index (κ2) is 6.74. The molecule has 0 radical (unpaired) electrons. The Bertz CT molecular complexity index is 289. The van der Waals surface area contributed by atoms with Crippen molar-refractivity contribution in [1.29, 1.82) is 0 Å². The molecule has 0 aromatic carbocycles. The summed E-state index contributed by atoms with van der Waals surface area (Å²) in [6, 6.07) is 0.606. The van der Waals surface area contributed by atoms with Crippen molar-refractivity contribution < 1.29 is 4.39 Å². The Morgan fingerprint density at radius 1 is 1.15 bits per heavy atom. The highest BCUT2D eigenvalue weighted by Gasteiger charge is 2.38. The van der Waals surface area contributed by atoms with Gasteiger partial charge in [0, 0.05) is 38.8 Å². The average Bonchev–Trinajstić information content (AvgIpc) is 2.37. The summed E-state index contributed by atoms with van der Waals surface area (Å²) in [7, 11) is 0. The highest BCUT2D eigenvalue weighted by atomic mass is 19.1. The van der Waals surface area contributed by atoms with Crippen LogP contribution in [0.3, 0.4) is 0 Å². The molecule has 0 saturated carbocycles. The van der Waals surface area contributed by atoms with Crippen molar-refractivity contribution in [2.24, 2.45) is 11.8 Å². The SMILES string of the molecule is CCC(C)N1CCC(F)(CN2CC(C)CC(C)C2)CC1. The van der Waals surface area contributed by atoms with Crippen molar-refractivity contribution in [3.8, 4) is 0 Å². The highest BCUT2D eigenvalue weighted by Crippen LogP contribution is 2.31. The molecular formula is C17H33FN2. The lowest BCUT2D eigenvalue weighted by atomic mass is 9.88. The zero-order valence-electron chi connectivity index (χ0n) is 13.9. The smallest absolute Gasteiger partial charge is 0.126 e. The Labute approximate surface area is 124 Å². The van der Waals surface area contributed by atoms with Crippen molar-refractivity contribution in [3.63, 3.8) is 0 Å². The van der Waals surface area contributed by atoms with Crippen LogP contribution in [-0.4, -0.2) is 54.2 Å². The van der Waals surface area contributed by atoms with Gasteiger partial charge in [0.05, 0.1) is 0 Å². The first-order valence-electron chi connectivity index (χ1n) is 8.57. The number of likely N-dealkylation sites (tertiary alicyclic amines) is 2. The molecule has 2 nitrogen and oxygen atoms in total. The third-order valence-corrected chi connectivity index (χ3v) is 5.36. The van der Waals surface area contributed by atoms with Crippen LogP contribution in [0, 0.1) is 11.8 Å². The molecule has 0 aliphatic carbocycles. The van der Waals surface area contributed by atoms with E-state index in [9.17, 15) is 0 Å². The summed E-state index contributed by atoms with van der Waals surface area (Å²) in [6.07, 6.45) is 3.91. The van der Waals surface area contributed by atoms with Crippen LogP contribution in [0.25, 0.3) is 0 Å². The van der Waals surface area contributed by atoms with Crippen LogP contribution in [0.2, 0.25) is 0 Å². The Morgan fingerprint density at radius 2 is 1.70 bits per heavy atom. The fourth-order valence-electron chi connectivity index (χ4n) is 4.10. The Morgan fingerprint density at radius 3 is 2.20 bits per heavy atom. The standard InChI is InChI=1S/C17H33FN2/c1-5-16(4)20-8-6-17(18,7-9-20)13-19-11-14(2)10-15(3)12-19/h14-16H,5-13H2,1-4H3. The van der Waals surface area contributed by atoms with Gasteiger partial charge in [-0.3, -0.25) is 4.90 Å². The van der Waals surface area contributed by atoms with Crippen molar-refractivity contribution in [2.75, 3.05) is 32.7 Å². The molecule has 118 valence electrons. The topological polar surface area (TPSA) is 6.48 Å². The molecule has 20 heavy (non-hydrogen) atoms. The Balaban J connectivity index is 1.84. The number of hydrogen-bond acceptors (Lipinski definition) is 2. The van der Waals surface area contributed by atoms with Gasteiger partial charge in [-0.1, -0.05) is 20.8 Å². The molecule has 0 spiro atoms. The Kier molecular flexibility index (Phi) is 5.47. The summed E-state index contributed by atoms with van der Waals surface area (Å²) in [5, 5.41) is 0. The first kappa shape index (κ1) is 16.2. The maximum absolute atomic E-state index is 15.1. The second-order valence-electron chi connectivity index (χ2n) is 7.58. The highest BCUT2D eigenvalue weighted by molar-refractivity contribution is 4.91. The van der Waals surface area contributed by atoms with E-state index >= 15 is 4.39 Å². The van der Waals surface area contributed by atoms with Crippen molar-refractivity contribution in [2.45, 2.75) is 65.1 Å². The first-order chi connectivity index (χ1) is 9.42. The fraction of sp³-hybridized carbons (Fsp3) is 1.00. The average molecular weight is 284 g/mol. The van der Waals surface area contributed by atoms with E-state index in [1.54, 1.807) is 0 Å². The molecule has 0 bridgehead atoms. The van der Waals surface area contributed by atoms with Gasteiger partial charge in [-0.05, 0) is 44.4 Å². The number of alkyl halides is 1. The maximum Gasteiger partial charge on any atom is 0.126 e. The lowest BCUT2D eigenvalue weighted by Crippen LogP contribution is -2.52. The first-order valence-corrected chi connectivity index (χ1v) is 8.57. The second-order valence-corrected chi connectivity index (χ2v) is 7.58. The minimum Gasteiger partial charge on any atom is -0.300 e. The lowest BCUT2D eigenvalue weighted by molar-refractivity contribution is -0.00224. The van der Waals surface area contributed by atoms with Crippen LogP contribution in [0.5, 0.6) is 0 Å². The van der Waals surface area contributed by atoms with Crippen molar-refractivity contribution >= 4 is 0 Å². The van der Waals surface area contributed by atoms with Crippen LogP contribution < -0.4 is 0 Å². The summed E-state index contributed by atoms with van der Waals surface area (Å²) < 4.78 is 15.1. The summed E-state index contributed by atoms with van der Waals surface area (Å²) >= 11 is 0. The summed E-state index contributed by atoms with van der Waals surface area (Å²) in [6.45, 7) is 13.8. The van der Waals surface area contributed by atoms with E-state index < -0.39 is 5.67 Å². The maximum atomic E-state index is 15.1. The van der Waals surface area contributed by atoms with Gasteiger partial charge < -0.3 is 4.90 Å². The molecule has 3 unspecified atom stereocenters. The van der Waals surface area contributed by atoms with E-state index in [2.05, 4.69) is 37.5 Å². The summed E-state index contributed by atoms with van der Waals surface area (Å²) in [4.78, 5) is 4.84. The van der Waals surface area contributed by atoms with Crippen LogP contribution in [0.15, 0.2) is 0 Å². The van der Waals surface area contributed by atoms with Gasteiger partial charge in [-0.2, -0.15) is 0 Å². The number of halogens is 1. The van der Waals surface area contributed by atoms with E-state index in [0.29, 0.717) is 12.6 Å². The van der Waals surface area contributed by atoms with Gasteiger partial charge in [0.15, 0.2) is 0 Å². The van der Waals surface area contributed by atoms with E-state index in [0.717, 1.165) is 50.9 Å². The van der Waals surface area contributed by atoms with Crippen LogP contribution in [0.1, 0.15) is 53.4 Å². The van der Waals surface area contributed by atoms with Crippen molar-refractivity contribution in [3.05, 3.63) is 0 Å². The van der Waals surface area contributed by atoms with Crippen LogP contribution in [-0.2, 0) is 0 Å². The van der Waals surface area contributed by atoms with Gasteiger partial charge in [0.25, 0.3) is 0 Å². The van der Waals surface area contributed by atoms with Crippen LogP contribution >= 0.6 is 0 Å². The molecule has 3 atom stereocenters. The molecule has 2 rings (SSSR count). The van der Waals surface area contributed by atoms with Crippen molar-refractivity contribution in [1.82, 2.24) is 9.80 Å². The third kappa shape index (κ3) is 4.17. The molecular weight excluding hydrogens is 251 g/mol. The molecule has 2 fully saturated rings. The molecule has 0 amide bonds. The lowest BCUT2D eigenvalue weighted by Gasteiger charge is -2.43.